The lowest BCUT2D eigenvalue weighted by atomic mass is 9.83. The highest BCUT2D eigenvalue weighted by molar-refractivity contribution is 5.34. The van der Waals surface area contributed by atoms with Gasteiger partial charge < -0.3 is 0 Å². The van der Waals surface area contributed by atoms with Crippen LogP contribution in [0.5, 0.6) is 0 Å². The summed E-state index contributed by atoms with van der Waals surface area (Å²) < 4.78 is 36.5. The summed E-state index contributed by atoms with van der Waals surface area (Å²) in [6, 6.07) is 0. The molecule has 0 heterocycles. The van der Waals surface area contributed by atoms with Gasteiger partial charge in [0.2, 0.25) is 0 Å². The predicted molar refractivity (Wildman–Crippen MR) is 41.4 cm³/mol. The van der Waals surface area contributed by atoms with E-state index in [-0.39, 0.29) is 0 Å². The normalized spacial score (nSPS) is 22.2. The standard InChI is InChI=1S/C9H10F3/c1-8(2)5-3-4-7(6-8)9(10,11)12/h3-6H,1-2H3. The fourth-order valence-electron chi connectivity index (χ4n) is 1.07. The molecule has 0 nitrogen and oxygen atoms in total. The Kier molecular flexibility index (Phi) is 2.06. The molecule has 67 valence electrons. The van der Waals surface area contributed by atoms with Crippen molar-refractivity contribution < 1.29 is 13.2 Å². The number of alkyl halides is 3. The van der Waals surface area contributed by atoms with Gasteiger partial charge in [0.25, 0.3) is 0 Å². The highest BCUT2D eigenvalue weighted by Crippen LogP contribution is 2.35. The number of allylic oxidation sites excluding steroid dienone is 4. The van der Waals surface area contributed by atoms with Gasteiger partial charge >= 0.3 is 6.18 Å². The molecule has 0 saturated carbocycles. The van der Waals surface area contributed by atoms with Gasteiger partial charge in [0.1, 0.15) is 0 Å². The minimum absolute atomic E-state index is 0.487. The Morgan fingerprint density at radius 3 is 2.17 bits per heavy atom. The van der Waals surface area contributed by atoms with Gasteiger partial charge in [-0.15, -0.1) is 0 Å². The minimum atomic E-state index is -4.22. The molecule has 1 radical (unpaired) electrons. The Balaban J connectivity index is 2.92. The summed E-state index contributed by atoms with van der Waals surface area (Å²) in [5, 5.41) is 0. The fraction of sp³-hybridized carbons (Fsp3) is 0.444. The maximum absolute atomic E-state index is 12.2. The van der Waals surface area contributed by atoms with Crippen LogP contribution in [0, 0.1) is 11.8 Å². The molecule has 0 spiro atoms. The summed E-state index contributed by atoms with van der Waals surface area (Å²) in [7, 11) is 0. The van der Waals surface area contributed by atoms with Crippen molar-refractivity contribution in [3.63, 3.8) is 0 Å². The lowest BCUT2D eigenvalue weighted by molar-refractivity contribution is -0.0890. The van der Waals surface area contributed by atoms with Crippen LogP contribution in [-0.4, -0.2) is 6.18 Å². The highest BCUT2D eigenvalue weighted by Gasteiger charge is 2.34. The van der Waals surface area contributed by atoms with Crippen molar-refractivity contribution >= 4 is 0 Å². The topological polar surface area (TPSA) is 0 Å². The number of rotatable bonds is 0. The molecular formula is C9H10F3. The molecule has 1 aliphatic rings. The van der Waals surface area contributed by atoms with Crippen LogP contribution in [0.4, 0.5) is 13.2 Å². The first-order chi connectivity index (χ1) is 5.31. The first-order valence-electron chi connectivity index (χ1n) is 3.64. The van der Waals surface area contributed by atoms with Gasteiger partial charge in [-0.2, -0.15) is 13.2 Å². The number of hydrogen-bond acceptors (Lipinski definition) is 0. The van der Waals surface area contributed by atoms with E-state index in [2.05, 4.69) is 0 Å². The van der Waals surface area contributed by atoms with Crippen LogP contribution in [0.3, 0.4) is 0 Å². The largest absolute Gasteiger partial charge is 0.416 e. The molecule has 0 aliphatic heterocycles. The van der Waals surface area contributed by atoms with E-state index in [4.69, 9.17) is 0 Å². The molecule has 0 saturated heterocycles. The van der Waals surface area contributed by atoms with E-state index in [9.17, 15) is 13.2 Å². The zero-order valence-corrected chi connectivity index (χ0v) is 6.94. The molecule has 0 unspecified atom stereocenters. The molecule has 12 heavy (non-hydrogen) atoms. The summed E-state index contributed by atoms with van der Waals surface area (Å²) in [5.74, 6) is 0. The quantitative estimate of drug-likeness (QED) is 0.530. The Morgan fingerprint density at radius 1 is 1.25 bits per heavy atom. The molecule has 1 rings (SSSR count). The molecule has 1 aliphatic carbocycles. The summed E-state index contributed by atoms with van der Waals surface area (Å²) >= 11 is 0. The maximum atomic E-state index is 12.2. The number of halogens is 3. The van der Waals surface area contributed by atoms with Crippen molar-refractivity contribution in [1.82, 2.24) is 0 Å². The van der Waals surface area contributed by atoms with Crippen molar-refractivity contribution in [2.45, 2.75) is 20.0 Å². The third kappa shape index (κ3) is 2.13. The second-order valence-electron chi connectivity index (χ2n) is 3.44. The smallest absolute Gasteiger partial charge is 0.166 e. The third-order valence-corrected chi connectivity index (χ3v) is 1.66. The summed E-state index contributed by atoms with van der Waals surface area (Å²) in [5.41, 5.74) is -1.05. The van der Waals surface area contributed by atoms with Crippen molar-refractivity contribution in [3.8, 4) is 0 Å². The Bertz CT molecular complexity index is 227. The lowest BCUT2D eigenvalue weighted by Gasteiger charge is -2.23. The van der Waals surface area contributed by atoms with E-state index >= 15 is 0 Å². The van der Waals surface area contributed by atoms with Gasteiger partial charge in [-0.1, -0.05) is 32.1 Å². The van der Waals surface area contributed by atoms with Crippen LogP contribution in [0.15, 0.2) is 23.8 Å². The zero-order chi connectivity index (χ0) is 9.41. The molecule has 0 aromatic rings. The van der Waals surface area contributed by atoms with E-state index in [1.165, 1.54) is 12.2 Å². The van der Waals surface area contributed by atoms with Crippen LogP contribution in [0.25, 0.3) is 0 Å². The van der Waals surface area contributed by atoms with E-state index in [0.29, 0.717) is 0 Å². The molecule has 0 aromatic heterocycles. The van der Waals surface area contributed by atoms with E-state index in [1.54, 1.807) is 20.3 Å². The van der Waals surface area contributed by atoms with Gasteiger partial charge in [-0.25, -0.2) is 0 Å². The molecule has 0 atom stereocenters. The van der Waals surface area contributed by atoms with Gasteiger partial charge in [-0.3, -0.25) is 0 Å². The van der Waals surface area contributed by atoms with Crippen LogP contribution < -0.4 is 0 Å². The van der Waals surface area contributed by atoms with Crippen molar-refractivity contribution in [2.24, 2.45) is 5.41 Å². The molecule has 0 N–H and O–H groups in total. The monoisotopic (exact) mass is 175 g/mol. The first-order valence-corrected chi connectivity index (χ1v) is 3.64. The molecular weight excluding hydrogens is 165 g/mol. The maximum Gasteiger partial charge on any atom is 0.416 e. The molecule has 0 amide bonds. The fourth-order valence-corrected chi connectivity index (χ4v) is 1.07. The summed E-state index contributed by atoms with van der Waals surface area (Å²) in [4.78, 5) is 0. The van der Waals surface area contributed by atoms with E-state index in [1.807, 2.05) is 0 Å². The van der Waals surface area contributed by atoms with Gasteiger partial charge in [0, 0.05) is 0 Å². The summed E-state index contributed by atoms with van der Waals surface area (Å²) in [6.07, 6.45) is 1.28. The minimum Gasteiger partial charge on any atom is -0.166 e. The average Bonchev–Trinajstić information content (AvgIpc) is 1.83. The van der Waals surface area contributed by atoms with Crippen molar-refractivity contribution in [3.05, 3.63) is 30.2 Å². The summed E-state index contributed by atoms with van der Waals surface area (Å²) in [6.45, 7) is 3.48. The molecule has 0 fully saturated rings. The molecule has 0 aromatic carbocycles. The Labute approximate surface area is 69.8 Å². The lowest BCUT2D eigenvalue weighted by Crippen LogP contribution is -2.18. The van der Waals surface area contributed by atoms with Gasteiger partial charge in [-0.05, 0) is 11.8 Å². The highest BCUT2D eigenvalue weighted by atomic mass is 19.4. The zero-order valence-electron chi connectivity index (χ0n) is 6.94. The van der Waals surface area contributed by atoms with Crippen molar-refractivity contribution in [1.29, 1.82) is 0 Å². The SMILES string of the molecule is CC1(C)[CH]C=CC(C(F)(F)F)=C1. The van der Waals surface area contributed by atoms with Gasteiger partial charge in [0.15, 0.2) is 0 Å². The Hall–Kier alpha value is -0.730. The Morgan fingerprint density at radius 2 is 1.83 bits per heavy atom. The first kappa shape index (κ1) is 9.36. The third-order valence-electron chi connectivity index (χ3n) is 1.66. The van der Waals surface area contributed by atoms with E-state index in [0.717, 1.165) is 6.08 Å². The average molecular weight is 175 g/mol. The van der Waals surface area contributed by atoms with Crippen molar-refractivity contribution in [2.75, 3.05) is 0 Å². The predicted octanol–water partition coefficient (Wildman–Crippen LogP) is 3.28. The van der Waals surface area contributed by atoms with Crippen LogP contribution in [0.2, 0.25) is 0 Å². The number of hydrogen-bond donors (Lipinski definition) is 0. The van der Waals surface area contributed by atoms with Crippen LogP contribution in [-0.2, 0) is 0 Å². The van der Waals surface area contributed by atoms with Crippen LogP contribution >= 0.6 is 0 Å². The van der Waals surface area contributed by atoms with Gasteiger partial charge in [0.05, 0.1) is 5.57 Å². The molecule has 3 heteroatoms. The second-order valence-corrected chi connectivity index (χ2v) is 3.44. The molecule has 0 bridgehead atoms. The van der Waals surface area contributed by atoms with Crippen LogP contribution in [0.1, 0.15) is 13.8 Å². The van der Waals surface area contributed by atoms with E-state index < -0.39 is 17.2 Å². The second kappa shape index (κ2) is 2.64.